The number of rotatable bonds is 7. The molecule has 1 aliphatic rings. The topological polar surface area (TPSA) is 50.8 Å². The number of likely N-dealkylation sites (tertiary alicyclic amines) is 1. The minimum atomic E-state index is -0.343. The van der Waals surface area contributed by atoms with Crippen molar-refractivity contribution in [2.45, 2.75) is 18.8 Å². The van der Waals surface area contributed by atoms with Crippen molar-refractivity contribution >= 4 is 29.2 Å². The molecule has 166 valence electrons. The van der Waals surface area contributed by atoms with Crippen molar-refractivity contribution in [1.82, 2.24) is 10.2 Å². The molecule has 1 aliphatic heterocycles. The van der Waals surface area contributed by atoms with Crippen LogP contribution in [0.15, 0.2) is 72.8 Å². The summed E-state index contributed by atoms with van der Waals surface area (Å²) in [6.07, 6.45) is -0.436. The summed E-state index contributed by atoms with van der Waals surface area (Å²) < 4.78 is 11.7. The molecule has 5 nitrogen and oxygen atoms in total. The van der Waals surface area contributed by atoms with Crippen molar-refractivity contribution in [2.75, 3.05) is 20.2 Å². The number of hydrogen-bond acceptors (Lipinski definition) is 3. The van der Waals surface area contributed by atoms with Crippen LogP contribution < -0.4 is 10.1 Å². The van der Waals surface area contributed by atoms with Crippen molar-refractivity contribution in [1.29, 1.82) is 0 Å². The Morgan fingerprint density at radius 1 is 1.03 bits per heavy atom. The summed E-state index contributed by atoms with van der Waals surface area (Å²) in [4.78, 5) is 14.3. The van der Waals surface area contributed by atoms with Gasteiger partial charge in [-0.1, -0.05) is 71.7 Å². The number of urea groups is 1. The van der Waals surface area contributed by atoms with Gasteiger partial charge in [-0.2, -0.15) is 0 Å². The number of carbonyl (C=O) groups excluding carboxylic acids is 1. The zero-order valence-corrected chi connectivity index (χ0v) is 19.1. The lowest BCUT2D eigenvalue weighted by Gasteiger charge is -2.40. The highest BCUT2D eigenvalue weighted by atomic mass is 35.5. The fourth-order valence-corrected chi connectivity index (χ4v) is 4.03. The number of carbonyl (C=O) groups is 1. The van der Waals surface area contributed by atoms with E-state index in [9.17, 15) is 4.79 Å². The van der Waals surface area contributed by atoms with E-state index in [2.05, 4.69) is 5.32 Å². The van der Waals surface area contributed by atoms with Gasteiger partial charge in [-0.05, 0) is 29.8 Å². The Kier molecular flexibility index (Phi) is 7.20. The molecule has 3 aromatic rings. The summed E-state index contributed by atoms with van der Waals surface area (Å²) in [5.41, 5.74) is 2.77. The molecule has 1 atom stereocenters. The van der Waals surface area contributed by atoms with Crippen LogP contribution in [0.25, 0.3) is 0 Å². The van der Waals surface area contributed by atoms with Gasteiger partial charge in [0.2, 0.25) is 0 Å². The van der Waals surface area contributed by atoms with Gasteiger partial charge in [-0.25, -0.2) is 4.79 Å². The van der Waals surface area contributed by atoms with E-state index in [4.69, 9.17) is 32.7 Å². The monoisotopic (exact) mass is 470 g/mol. The molecule has 1 saturated heterocycles. The third kappa shape index (κ3) is 5.18. The summed E-state index contributed by atoms with van der Waals surface area (Å²) in [6.45, 7) is 1.41. The number of nitrogens with zero attached hydrogens (tertiary/aromatic N) is 1. The van der Waals surface area contributed by atoms with E-state index in [0.717, 1.165) is 22.4 Å². The summed E-state index contributed by atoms with van der Waals surface area (Å²) in [7, 11) is 1.62. The Labute approximate surface area is 197 Å². The van der Waals surface area contributed by atoms with Gasteiger partial charge in [0.25, 0.3) is 0 Å². The average Bonchev–Trinajstić information content (AvgIpc) is 2.78. The van der Waals surface area contributed by atoms with Crippen molar-refractivity contribution in [2.24, 2.45) is 0 Å². The van der Waals surface area contributed by atoms with Gasteiger partial charge < -0.3 is 19.7 Å². The fraction of sp³-hybridized carbons (Fsp3) is 0.240. The van der Waals surface area contributed by atoms with Crippen LogP contribution in [0.1, 0.15) is 22.8 Å². The standard InChI is InChI=1S/C25H24Cl2N2O3/c1-31-23-9-5-2-6-18(23)14-28-25(30)29-15-20(16-29)32-24(17-10-12-19(26)13-11-17)21-7-3-4-8-22(21)27/h2-13,20,24H,14-16H2,1H3,(H,28,30). The maximum atomic E-state index is 12.5. The summed E-state index contributed by atoms with van der Waals surface area (Å²) in [6, 6.07) is 22.7. The number of amides is 2. The largest absolute Gasteiger partial charge is 0.496 e. The number of benzene rings is 3. The smallest absolute Gasteiger partial charge is 0.317 e. The van der Waals surface area contributed by atoms with Gasteiger partial charge in [0.05, 0.1) is 26.3 Å². The molecule has 0 spiro atoms. The predicted octanol–water partition coefficient (Wildman–Crippen LogP) is 5.70. The summed E-state index contributed by atoms with van der Waals surface area (Å²) >= 11 is 12.5. The fourth-order valence-electron chi connectivity index (χ4n) is 3.67. The molecular weight excluding hydrogens is 447 g/mol. The van der Waals surface area contributed by atoms with Gasteiger partial charge >= 0.3 is 6.03 Å². The molecule has 7 heteroatoms. The Morgan fingerprint density at radius 3 is 2.44 bits per heavy atom. The average molecular weight is 471 g/mol. The first-order valence-corrected chi connectivity index (χ1v) is 11.1. The Bertz CT molecular complexity index is 1070. The molecule has 0 radical (unpaired) electrons. The summed E-state index contributed by atoms with van der Waals surface area (Å²) in [5.74, 6) is 0.753. The van der Waals surface area contributed by atoms with Crippen LogP contribution in [-0.4, -0.2) is 37.2 Å². The molecule has 1 heterocycles. The normalized spacial score (nSPS) is 14.5. The lowest BCUT2D eigenvalue weighted by Crippen LogP contribution is -2.57. The second kappa shape index (κ2) is 10.3. The van der Waals surface area contributed by atoms with Crippen molar-refractivity contribution in [3.05, 3.63) is 99.5 Å². The van der Waals surface area contributed by atoms with E-state index < -0.39 is 0 Å². The molecule has 32 heavy (non-hydrogen) atoms. The number of ether oxygens (including phenoxy) is 2. The zero-order valence-electron chi connectivity index (χ0n) is 17.6. The first-order chi connectivity index (χ1) is 15.5. The van der Waals surface area contributed by atoms with Crippen LogP contribution in [0.2, 0.25) is 10.0 Å². The molecule has 4 rings (SSSR count). The van der Waals surface area contributed by atoms with Gasteiger partial charge in [0.15, 0.2) is 0 Å². The lowest BCUT2D eigenvalue weighted by atomic mass is 10.0. The molecule has 0 saturated carbocycles. The van der Waals surface area contributed by atoms with Crippen molar-refractivity contribution in [3.8, 4) is 5.75 Å². The maximum Gasteiger partial charge on any atom is 0.317 e. The minimum Gasteiger partial charge on any atom is -0.496 e. The second-order valence-electron chi connectivity index (χ2n) is 7.59. The van der Waals surface area contributed by atoms with E-state index >= 15 is 0 Å². The van der Waals surface area contributed by atoms with Crippen molar-refractivity contribution < 1.29 is 14.3 Å². The van der Waals surface area contributed by atoms with Gasteiger partial charge in [-0.3, -0.25) is 0 Å². The number of hydrogen-bond donors (Lipinski definition) is 1. The van der Waals surface area contributed by atoms with E-state index in [1.807, 2.05) is 72.8 Å². The third-order valence-corrected chi connectivity index (χ3v) is 6.04. The van der Waals surface area contributed by atoms with Gasteiger partial charge in [0, 0.05) is 27.7 Å². The number of methoxy groups -OCH3 is 1. The minimum absolute atomic E-state index is 0.0936. The van der Waals surface area contributed by atoms with Crippen LogP contribution >= 0.6 is 23.2 Å². The lowest BCUT2D eigenvalue weighted by molar-refractivity contribution is -0.0645. The van der Waals surface area contributed by atoms with E-state index in [1.54, 1.807) is 12.0 Å². The van der Waals surface area contributed by atoms with Gasteiger partial charge in [0.1, 0.15) is 11.9 Å². The first kappa shape index (κ1) is 22.5. The highest BCUT2D eigenvalue weighted by molar-refractivity contribution is 6.31. The molecule has 0 bridgehead atoms. The van der Waals surface area contributed by atoms with Crippen molar-refractivity contribution in [3.63, 3.8) is 0 Å². The first-order valence-electron chi connectivity index (χ1n) is 10.3. The molecule has 1 N–H and O–H groups in total. The Morgan fingerprint density at radius 2 is 1.72 bits per heavy atom. The number of halogens is 2. The highest BCUT2D eigenvalue weighted by Crippen LogP contribution is 2.34. The zero-order chi connectivity index (χ0) is 22.5. The van der Waals surface area contributed by atoms with Gasteiger partial charge in [-0.15, -0.1) is 0 Å². The second-order valence-corrected chi connectivity index (χ2v) is 8.43. The SMILES string of the molecule is COc1ccccc1CNC(=O)N1CC(OC(c2ccc(Cl)cc2)c2ccccc2Cl)C1. The van der Waals surface area contributed by atoms with E-state index in [-0.39, 0.29) is 18.2 Å². The van der Waals surface area contributed by atoms with Crippen LogP contribution in [-0.2, 0) is 11.3 Å². The Balaban J connectivity index is 1.37. The third-order valence-electron chi connectivity index (χ3n) is 5.45. The molecule has 0 aliphatic carbocycles. The quantitative estimate of drug-likeness (QED) is 0.481. The summed E-state index contributed by atoms with van der Waals surface area (Å²) in [5, 5.41) is 4.24. The molecule has 1 unspecified atom stereocenters. The van der Waals surface area contributed by atoms with Crippen LogP contribution in [0.5, 0.6) is 5.75 Å². The Hall–Kier alpha value is -2.73. The van der Waals surface area contributed by atoms with E-state index in [1.165, 1.54) is 0 Å². The maximum absolute atomic E-state index is 12.5. The predicted molar refractivity (Wildman–Crippen MR) is 126 cm³/mol. The molecule has 3 aromatic carbocycles. The highest BCUT2D eigenvalue weighted by Gasteiger charge is 2.34. The van der Waals surface area contributed by atoms with E-state index in [0.29, 0.717) is 29.7 Å². The van der Waals surface area contributed by atoms with Crippen LogP contribution in [0.4, 0.5) is 4.79 Å². The molecular formula is C25H24Cl2N2O3. The molecule has 0 aromatic heterocycles. The van der Waals surface area contributed by atoms with Crippen LogP contribution in [0.3, 0.4) is 0 Å². The molecule has 1 fully saturated rings. The molecule has 2 amide bonds. The number of nitrogens with one attached hydrogen (secondary N) is 1. The van der Waals surface area contributed by atoms with Crippen LogP contribution in [0, 0.1) is 0 Å². The number of para-hydroxylation sites is 1.